The highest BCUT2D eigenvalue weighted by Gasteiger charge is 2.34. The molecule has 1 aromatic heterocycles. The van der Waals surface area contributed by atoms with Crippen molar-refractivity contribution in [1.29, 1.82) is 0 Å². The third kappa shape index (κ3) is 9.39. The number of carbonyl (C=O) groups is 2. The number of benzene rings is 1. The number of thiazole rings is 1. The molecule has 0 aliphatic rings. The standard InChI is InChI=1S/C21H28F2N4O7S2/c1-11(28)24-15(4-5-34-2)18(29)19(30)16(8-12-6-13(22)9-14(23)7-12)25-20(31)17-10-35-21(26-17)27-36(3,32)33/h6-7,9-10,15-16,18-19,29-30H,4-5,8H2,1-3H3,(H,24,28)(H,25,31)(H,26,27). The lowest BCUT2D eigenvalue weighted by atomic mass is 9.92. The van der Waals surface area contributed by atoms with Crippen LogP contribution in [0.3, 0.4) is 0 Å². The summed E-state index contributed by atoms with van der Waals surface area (Å²) in [5.74, 6) is -3.08. The molecule has 0 saturated carbocycles. The number of carbonyl (C=O) groups excluding carboxylic acids is 2. The Morgan fingerprint density at radius 1 is 1.11 bits per heavy atom. The van der Waals surface area contributed by atoms with Crippen molar-refractivity contribution in [2.75, 3.05) is 24.7 Å². The Morgan fingerprint density at radius 3 is 2.28 bits per heavy atom. The summed E-state index contributed by atoms with van der Waals surface area (Å²) in [5.41, 5.74) is -0.115. The number of nitrogens with one attached hydrogen (secondary N) is 3. The van der Waals surface area contributed by atoms with Crippen molar-refractivity contribution in [3.8, 4) is 0 Å². The fourth-order valence-electron chi connectivity index (χ4n) is 3.38. The maximum atomic E-state index is 13.7. The quantitative estimate of drug-likeness (QED) is 0.239. The number of amides is 2. The van der Waals surface area contributed by atoms with Gasteiger partial charge in [-0.15, -0.1) is 11.3 Å². The average Bonchev–Trinajstić information content (AvgIpc) is 3.21. The van der Waals surface area contributed by atoms with Crippen molar-refractivity contribution < 1.29 is 41.7 Å². The van der Waals surface area contributed by atoms with E-state index in [1.807, 2.05) is 0 Å². The molecule has 0 saturated heterocycles. The SMILES string of the molecule is COCCC(NC(C)=O)C(O)C(O)C(Cc1cc(F)cc(F)c1)NC(=O)c1csc(NS(C)(=O)=O)n1. The van der Waals surface area contributed by atoms with E-state index in [9.17, 15) is 37.0 Å². The first-order chi connectivity index (χ1) is 16.8. The minimum atomic E-state index is -3.64. The fourth-order valence-corrected chi connectivity index (χ4v) is 4.92. The highest BCUT2D eigenvalue weighted by atomic mass is 32.2. The summed E-state index contributed by atoms with van der Waals surface area (Å²) >= 11 is 0.841. The first kappa shape index (κ1) is 29.5. The molecule has 2 amide bonds. The zero-order valence-corrected chi connectivity index (χ0v) is 21.3. The van der Waals surface area contributed by atoms with Gasteiger partial charge in [-0.25, -0.2) is 22.2 Å². The molecule has 1 heterocycles. The maximum Gasteiger partial charge on any atom is 0.271 e. The van der Waals surface area contributed by atoms with Crippen LogP contribution < -0.4 is 15.4 Å². The monoisotopic (exact) mass is 550 g/mol. The van der Waals surface area contributed by atoms with Gasteiger partial charge in [0.2, 0.25) is 15.9 Å². The van der Waals surface area contributed by atoms with Crippen LogP contribution in [0.2, 0.25) is 0 Å². The smallest absolute Gasteiger partial charge is 0.271 e. The number of halogens is 2. The molecule has 2 aromatic rings. The Morgan fingerprint density at radius 2 is 1.72 bits per heavy atom. The van der Waals surface area contributed by atoms with Gasteiger partial charge in [0.15, 0.2) is 5.13 Å². The van der Waals surface area contributed by atoms with Crippen LogP contribution in [0.1, 0.15) is 29.4 Å². The van der Waals surface area contributed by atoms with E-state index in [1.54, 1.807) is 0 Å². The van der Waals surface area contributed by atoms with Gasteiger partial charge in [-0.05, 0) is 30.5 Å². The van der Waals surface area contributed by atoms with Gasteiger partial charge < -0.3 is 25.6 Å². The van der Waals surface area contributed by atoms with Gasteiger partial charge in [0.05, 0.1) is 18.3 Å². The number of methoxy groups -OCH3 is 1. The molecule has 0 fully saturated rings. The fraction of sp³-hybridized carbons (Fsp3) is 0.476. The van der Waals surface area contributed by atoms with Crippen molar-refractivity contribution in [2.24, 2.45) is 0 Å². The van der Waals surface area contributed by atoms with Gasteiger partial charge in [-0.3, -0.25) is 14.3 Å². The van der Waals surface area contributed by atoms with Gasteiger partial charge >= 0.3 is 0 Å². The molecule has 0 radical (unpaired) electrons. The van der Waals surface area contributed by atoms with E-state index in [1.165, 1.54) is 19.4 Å². The summed E-state index contributed by atoms with van der Waals surface area (Å²) in [4.78, 5) is 28.3. The zero-order chi connectivity index (χ0) is 27.0. The molecule has 5 N–H and O–H groups in total. The van der Waals surface area contributed by atoms with Crippen molar-refractivity contribution in [3.63, 3.8) is 0 Å². The minimum absolute atomic E-state index is 0.0720. The van der Waals surface area contributed by atoms with E-state index in [4.69, 9.17) is 4.74 Å². The number of ether oxygens (including phenoxy) is 1. The first-order valence-electron chi connectivity index (χ1n) is 10.6. The van der Waals surface area contributed by atoms with E-state index in [0.29, 0.717) is 6.07 Å². The minimum Gasteiger partial charge on any atom is -0.388 e. The van der Waals surface area contributed by atoms with Crippen molar-refractivity contribution >= 4 is 38.3 Å². The van der Waals surface area contributed by atoms with Gasteiger partial charge in [0, 0.05) is 32.1 Å². The number of sulfonamides is 1. The summed E-state index contributed by atoms with van der Waals surface area (Å²) < 4.78 is 57.4. The molecule has 0 bridgehead atoms. The summed E-state index contributed by atoms with van der Waals surface area (Å²) in [6, 6.07) is 0.417. The second-order valence-electron chi connectivity index (χ2n) is 8.04. The lowest BCUT2D eigenvalue weighted by molar-refractivity contribution is -0.121. The predicted molar refractivity (Wildman–Crippen MR) is 128 cm³/mol. The Bertz CT molecular complexity index is 1140. The number of aliphatic hydroxyl groups excluding tert-OH is 2. The van der Waals surface area contributed by atoms with E-state index in [2.05, 4.69) is 20.3 Å². The molecule has 200 valence electrons. The number of hydrogen-bond acceptors (Lipinski definition) is 9. The van der Waals surface area contributed by atoms with E-state index in [-0.39, 0.29) is 35.8 Å². The lowest BCUT2D eigenvalue weighted by Gasteiger charge is -2.32. The Balaban J connectivity index is 2.32. The van der Waals surface area contributed by atoms with Gasteiger partial charge in [-0.1, -0.05) is 0 Å². The molecule has 15 heteroatoms. The van der Waals surface area contributed by atoms with Crippen LogP contribution in [-0.4, -0.2) is 79.7 Å². The van der Waals surface area contributed by atoms with Crippen LogP contribution in [0, 0.1) is 11.6 Å². The maximum absolute atomic E-state index is 13.7. The number of hydrogen-bond donors (Lipinski definition) is 5. The Kier molecular flexibility index (Phi) is 10.7. The van der Waals surface area contributed by atoms with Crippen molar-refractivity contribution in [2.45, 2.75) is 44.1 Å². The molecule has 1 aromatic carbocycles. The topological polar surface area (TPSA) is 167 Å². The van der Waals surface area contributed by atoms with Crippen LogP contribution in [0.25, 0.3) is 0 Å². The second-order valence-corrected chi connectivity index (χ2v) is 10.7. The van der Waals surface area contributed by atoms with Crippen molar-refractivity contribution in [3.05, 3.63) is 46.5 Å². The number of aliphatic hydroxyl groups is 2. The third-order valence-electron chi connectivity index (χ3n) is 4.90. The van der Waals surface area contributed by atoms with E-state index in [0.717, 1.165) is 29.7 Å². The molecule has 4 unspecified atom stereocenters. The second kappa shape index (κ2) is 13.0. The normalized spacial score (nSPS) is 15.0. The molecule has 2 rings (SSSR count). The molecular formula is C21H28F2N4O7S2. The van der Waals surface area contributed by atoms with Crippen LogP contribution in [0.4, 0.5) is 13.9 Å². The molecule has 0 aliphatic carbocycles. The summed E-state index contributed by atoms with van der Waals surface area (Å²) in [6.45, 7) is 1.36. The van der Waals surface area contributed by atoms with Crippen LogP contribution in [0.15, 0.2) is 23.6 Å². The lowest BCUT2D eigenvalue weighted by Crippen LogP contribution is -2.56. The van der Waals surface area contributed by atoms with E-state index < -0.39 is 57.8 Å². The number of nitrogens with zero attached hydrogens (tertiary/aromatic N) is 1. The molecule has 0 aliphatic heterocycles. The molecule has 4 atom stereocenters. The highest BCUT2D eigenvalue weighted by molar-refractivity contribution is 7.92. The summed E-state index contributed by atoms with van der Waals surface area (Å²) in [6.07, 6.45) is -2.58. The Hall–Kier alpha value is -2.72. The molecule has 11 nitrogen and oxygen atoms in total. The van der Waals surface area contributed by atoms with Gasteiger partial charge in [-0.2, -0.15) is 0 Å². The zero-order valence-electron chi connectivity index (χ0n) is 19.7. The van der Waals surface area contributed by atoms with Gasteiger partial charge in [0.25, 0.3) is 5.91 Å². The molecule has 36 heavy (non-hydrogen) atoms. The highest BCUT2D eigenvalue weighted by Crippen LogP contribution is 2.19. The van der Waals surface area contributed by atoms with Gasteiger partial charge in [0.1, 0.15) is 29.5 Å². The number of rotatable bonds is 13. The largest absolute Gasteiger partial charge is 0.388 e. The predicted octanol–water partition coefficient (Wildman–Crippen LogP) is 0.397. The van der Waals surface area contributed by atoms with Crippen LogP contribution in [-0.2, 0) is 26.0 Å². The summed E-state index contributed by atoms with van der Waals surface area (Å²) in [5, 5.41) is 27.9. The average molecular weight is 551 g/mol. The number of anilines is 1. The Labute approximate surface area is 210 Å². The van der Waals surface area contributed by atoms with Crippen LogP contribution in [0.5, 0.6) is 0 Å². The number of aromatic nitrogens is 1. The first-order valence-corrected chi connectivity index (χ1v) is 13.4. The molecule has 0 spiro atoms. The van der Waals surface area contributed by atoms with E-state index >= 15 is 0 Å². The third-order valence-corrected chi connectivity index (χ3v) is 6.35. The summed E-state index contributed by atoms with van der Waals surface area (Å²) in [7, 11) is -2.22. The molecular weight excluding hydrogens is 522 g/mol. The van der Waals surface area contributed by atoms with Crippen molar-refractivity contribution in [1.82, 2.24) is 15.6 Å². The van der Waals surface area contributed by atoms with Crippen LogP contribution >= 0.6 is 11.3 Å².